The number of carbonyl (C=O) groups is 1. The van der Waals surface area contributed by atoms with E-state index in [0.717, 1.165) is 5.57 Å². The van der Waals surface area contributed by atoms with Crippen molar-refractivity contribution in [2.24, 2.45) is 0 Å². The van der Waals surface area contributed by atoms with Crippen molar-refractivity contribution in [3.8, 4) is 0 Å². The molecule has 62 valence electrons. The average molecular weight is 266 g/mol. The second-order valence-corrected chi connectivity index (χ2v) is 2.72. The van der Waals surface area contributed by atoms with E-state index in [0.29, 0.717) is 5.57 Å². The molecule has 0 aromatic heterocycles. The van der Waals surface area contributed by atoms with E-state index < -0.39 is 0 Å². The van der Waals surface area contributed by atoms with E-state index >= 15 is 0 Å². The molecule has 0 saturated heterocycles. The Morgan fingerprint density at radius 3 is 2.27 bits per heavy atom. The molecule has 0 aliphatic rings. The van der Waals surface area contributed by atoms with Gasteiger partial charge in [-0.2, -0.15) is 0 Å². The molecule has 0 N–H and O–H groups in total. The molecular weight excluding hydrogens is 255 g/mol. The number of rotatable bonds is 2. The maximum Gasteiger partial charge on any atom is 0.347 e. The average Bonchev–Trinajstić information content (AvgIpc) is 1.98. The van der Waals surface area contributed by atoms with Gasteiger partial charge >= 0.3 is 5.97 Å². The number of carbonyl (C=O) groups excluding carboxylic acids is 1. The van der Waals surface area contributed by atoms with Gasteiger partial charge < -0.3 is 3.07 Å². The predicted octanol–water partition coefficient (Wildman–Crippen LogP) is 2.79. The first kappa shape index (κ1) is 10.7. The zero-order valence-corrected chi connectivity index (χ0v) is 9.01. The highest BCUT2D eigenvalue weighted by Gasteiger charge is 2.07. The number of allylic oxidation sites excluding steroid dienone is 2. The summed E-state index contributed by atoms with van der Waals surface area (Å²) in [7, 11) is 0. The quantitative estimate of drug-likeness (QED) is 0.436. The summed E-state index contributed by atoms with van der Waals surface area (Å²) in [6, 6.07) is 0. The van der Waals surface area contributed by atoms with Crippen LogP contribution in [0.3, 0.4) is 0 Å². The second kappa shape index (κ2) is 5.35. The van der Waals surface area contributed by atoms with Gasteiger partial charge in [-0.3, -0.25) is 0 Å². The first-order valence-corrected chi connectivity index (χ1v) is 4.14. The Labute approximate surface area is 81.0 Å². The molecule has 0 aliphatic carbocycles. The molecule has 0 aromatic rings. The Hall–Kier alpha value is -0.320. The lowest BCUT2D eigenvalue weighted by atomic mass is 10.1. The summed E-state index contributed by atoms with van der Waals surface area (Å²) in [5.74, 6) is -0.288. The van der Waals surface area contributed by atoms with Crippen LogP contribution < -0.4 is 0 Å². The fourth-order valence-corrected chi connectivity index (χ4v) is 0.884. The molecule has 0 saturated carbocycles. The summed E-state index contributed by atoms with van der Waals surface area (Å²) < 4.78 is 4.55. The van der Waals surface area contributed by atoms with Crippen LogP contribution in [0.1, 0.15) is 20.8 Å². The SMILES string of the molecule is C/C=C\C(C(=O)OI)=C(C)C. The lowest BCUT2D eigenvalue weighted by Gasteiger charge is -1.99. The van der Waals surface area contributed by atoms with E-state index in [2.05, 4.69) is 3.07 Å². The van der Waals surface area contributed by atoms with Gasteiger partial charge in [-0.25, -0.2) is 4.79 Å². The molecule has 0 atom stereocenters. The molecule has 0 bridgehead atoms. The van der Waals surface area contributed by atoms with Gasteiger partial charge in [0.05, 0.1) is 5.57 Å². The van der Waals surface area contributed by atoms with E-state index in [1.165, 1.54) is 0 Å². The lowest BCUT2D eigenvalue weighted by Crippen LogP contribution is -2.00. The highest BCUT2D eigenvalue weighted by atomic mass is 127. The molecule has 0 fully saturated rings. The molecule has 3 heteroatoms. The zero-order valence-electron chi connectivity index (χ0n) is 6.85. The van der Waals surface area contributed by atoms with Crippen LogP contribution >= 0.6 is 23.0 Å². The molecule has 0 unspecified atom stereocenters. The fraction of sp³-hybridized carbons (Fsp3) is 0.375. The van der Waals surface area contributed by atoms with Crippen molar-refractivity contribution in [1.82, 2.24) is 0 Å². The normalized spacial score (nSPS) is 9.82. The van der Waals surface area contributed by atoms with Crippen molar-refractivity contribution in [3.63, 3.8) is 0 Å². The van der Waals surface area contributed by atoms with Gasteiger partial charge in [0.2, 0.25) is 0 Å². The van der Waals surface area contributed by atoms with Gasteiger partial charge in [0.1, 0.15) is 0 Å². The van der Waals surface area contributed by atoms with Gasteiger partial charge in [0.25, 0.3) is 0 Å². The summed E-state index contributed by atoms with van der Waals surface area (Å²) >= 11 is 1.58. The van der Waals surface area contributed by atoms with E-state index in [-0.39, 0.29) is 5.97 Å². The minimum Gasteiger partial charge on any atom is -0.391 e. The fourth-order valence-electron chi connectivity index (χ4n) is 0.647. The number of halogens is 1. The zero-order chi connectivity index (χ0) is 8.85. The van der Waals surface area contributed by atoms with Crippen LogP contribution in [-0.2, 0) is 7.86 Å². The molecule has 0 rings (SSSR count). The third-order valence-electron chi connectivity index (χ3n) is 1.16. The van der Waals surface area contributed by atoms with E-state index in [9.17, 15) is 4.79 Å². The second-order valence-electron chi connectivity index (χ2n) is 2.28. The Kier molecular flexibility index (Phi) is 5.19. The minimum atomic E-state index is -0.288. The largest absolute Gasteiger partial charge is 0.391 e. The van der Waals surface area contributed by atoms with Crippen molar-refractivity contribution >= 4 is 29.0 Å². The first-order valence-electron chi connectivity index (χ1n) is 3.26. The van der Waals surface area contributed by atoms with Gasteiger partial charge in [-0.1, -0.05) is 17.7 Å². The van der Waals surface area contributed by atoms with Gasteiger partial charge in [0.15, 0.2) is 23.0 Å². The standard InChI is InChI=1S/C8H11IO2/c1-4-5-7(6(2)3)8(10)11-9/h4-5H,1-3H3/b5-4-. The van der Waals surface area contributed by atoms with Crippen molar-refractivity contribution in [3.05, 3.63) is 23.3 Å². The highest BCUT2D eigenvalue weighted by molar-refractivity contribution is 14.1. The summed E-state index contributed by atoms with van der Waals surface area (Å²) in [6.45, 7) is 5.62. The molecule has 0 heterocycles. The summed E-state index contributed by atoms with van der Waals surface area (Å²) in [4.78, 5) is 11.0. The first-order chi connectivity index (χ1) is 5.13. The Morgan fingerprint density at radius 1 is 1.45 bits per heavy atom. The predicted molar refractivity (Wildman–Crippen MR) is 53.3 cm³/mol. The topological polar surface area (TPSA) is 26.3 Å². The third-order valence-corrected chi connectivity index (χ3v) is 1.56. The van der Waals surface area contributed by atoms with Crippen LogP contribution in [0.5, 0.6) is 0 Å². The Balaban J connectivity index is 4.63. The Morgan fingerprint density at radius 2 is 2.00 bits per heavy atom. The van der Waals surface area contributed by atoms with Crippen molar-refractivity contribution < 1.29 is 7.86 Å². The monoisotopic (exact) mass is 266 g/mol. The Bertz CT molecular complexity index is 200. The molecule has 0 aliphatic heterocycles. The molecular formula is C8H11IO2. The van der Waals surface area contributed by atoms with Gasteiger partial charge in [-0.15, -0.1) is 0 Å². The van der Waals surface area contributed by atoms with Crippen LogP contribution in [0.15, 0.2) is 23.3 Å². The molecule has 2 nitrogen and oxygen atoms in total. The van der Waals surface area contributed by atoms with Gasteiger partial charge in [0, 0.05) is 0 Å². The van der Waals surface area contributed by atoms with Gasteiger partial charge in [-0.05, 0) is 20.8 Å². The highest BCUT2D eigenvalue weighted by Crippen LogP contribution is 2.09. The molecule has 0 amide bonds. The lowest BCUT2D eigenvalue weighted by molar-refractivity contribution is -0.126. The molecule has 0 aromatic carbocycles. The summed E-state index contributed by atoms with van der Waals surface area (Å²) in [5, 5.41) is 0. The smallest absolute Gasteiger partial charge is 0.347 e. The van der Waals surface area contributed by atoms with E-state index in [1.54, 1.807) is 29.1 Å². The van der Waals surface area contributed by atoms with Crippen LogP contribution in [0.4, 0.5) is 0 Å². The van der Waals surface area contributed by atoms with Crippen LogP contribution in [0.25, 0.3) is 0 Å². The maximum absolute atomic E-state index is 11.0. The van der Waals surface area contributed by atoms with Crippen molar-refractivity contribution in [2.45, 2.75) is 20.8 Å². The van der Waals surface area contributed by atoms with E-state index in [4.69, 9.17) is 0 Å². The van der Waals surface area contributed by atoms with Crippen LogP contribution in [-0.4, -0.2) is 5.97 Å². The minimum absolute atomic E-state index is 0.288. The summed E-state index contributed by atoms with van der Waals surface area (Å²) in [5.41, 5.74) is 1.59. The van der Waals surface area contributed by atoms with Crippen molar-refractivity contribution in [1.29, 1.82) is 0 Å². The van der Waals surface area contributed by atoms with Crippen LogP contribution in [0, 0.1) is 0 Å². The number of hydrogen-bond donors (Lipinski definition) is 0. The third kappa shape index (κ3) is 3.55. The summed E-state index contributed by atoms with van der Waals surface area (Å²) in [6.07, 6.45) is 3.56. The number of hydrogen-bond acceptors (Lipinski definition) is 2. The molecule has 0 spiro atoms. The maximum atomic E-state index is 11.0. The van der Waals surface area contributed by atoms with Crippen LogP contribution in [0.2, 0.25) is 0 Å². The molecule has 11 heavy (non-hydrogen) atoms. The van der Waals surface area contributed by atoms with E-state index in [1.807, 2.05) is 26.8 Å². The molecule has 0 radical (unpaired) electrons. The van der Waals surface area contributed by atoms with Crippen molar-refractivity contribution in [2.75, 3.05) is 0 Å².